The van der Waals surface area contributed by atoms with E-state index in [-0.39, 0.29) is 23.1 Å². The zero-order valence-electron chi connectivity index (χ0n) is 15.4. The van der Waals surface area contributed by atoms with Crippen LogP contribution in [0.3, 0.4) is 0 Å². The van der Waals surface area contributed by atoms with Gasteiger partial charge >= 0.3 is 0 Å². The van der Waals surface area contributed by atoms with Crippen LogP contribution in [-0.2, 0) is 16.1 Å². The number of carbonyl (C=O) groups excluding carboxylic acids is 2. The van der Waals surface area contributed by atoms with Crippen molar-refractivity contribution in [2.24, 2.45) is 11.3 Å². The van der Waals surface area contributed by atoms with Crippen molar-refractivity contribution in [3.63, 3.8) is 0 Å². The van der Waals surface area contributed by atoms with Crippen molar-refractivity contribution in [2.75, 3.05) is 19.6 Å². The molecule has 1 N–H and O–H groups in total. The Morgan fingerprint density at radius 1 is 1.23 bits per heavy atom. The number of aliphatic hydroxyl groups is 1. The summed E-state index contributed by atoms with van der Waals surface area (Å²) >= 11 is 5.92. The Kier molecular flexibility index (Phi) is 5.58. The third-order valence-electron chi connectivity index (χ3n) is 5.71. The first kappa shape index (κ1) is 19.2. The lowest BCUT2D eigenvalue weighted by Gasteiger charge is -2.39. The average Bonchev–Trinajstić information content (AvgIpc) is 2.91. The molecule has 1 spiro atoms. The second-order valence-electron chi connectivity index (χ2n) is 8.07. The van der Waals surface area contributed by atoms with E-state index >= 15 is 0 Å². The number of hydrogen-bond donors (Lipinski definition) is 1. The van der Waals surface area contributed by atoms with Gasteiger partial charge in [-0.05, 0) is 36.5 Å². The molecule has 2 aliphatic rings. The van der Waals surface area contributed by atoms with Gasteiger partial charge in [0.1, 0.15) is 6.10 Å². The van der Waals surface area contributed by atoms with Gasteiger partial charge in [0.05, 0.1) is 0 Å². The fourth-order valence-electron chi connectivity index (χ4n) is 3.94. The molecule has 2 saturated heterocycles. The lowest BCUT2D eigenvalue weighted by molar-refractivity contribution is -0.144. The number of rotatable bonds is 4. The van der Waals surface area contributed by atoms with Crippen molar-refractivity contribution in [3.8, 4) is 0 Å². The van der Waals surface area contributed by atoms with Crippen LogP contribution in [0.5, 0.6) is 0 Å². The maximum atomic E-state index is 12.5. The van der Waals surface area contributed by atoms with E-state index in [0.717, 1.165) is 24.9 Å². The van der Waals surface area contributed by atoms with Crippen LogP contribution in [0.1, 0.15) is 38.7 Å². The van der Waals surface area contributed by atoms with E-state index in [0.29, 0.717) is 31.1 Å². The van der Waals surface area contributed by atoms with Gasteiger partial charge in [0.15, 0.2) is 0 Å². The van der Waals surface area contributed by atoms with Crippen molar-refractivity contribution in [2.45, 2.75) is 45.8 Å². The third kappa shape index (κ3) is 4.04. The average molecular weight is 379 g/mol. The Bertz CT molecular complexity index is 666. The van der Waals surface area contributed by atoms with E-state index < -0.39 is 6.10 Å². The summed E-state index contributed by atoms with van der Waals surface area (Å²) in [7, 11) is 0. The minimum absolute atomic E-state index is 0.0386. The minimum Gasteiger partial charge on any atom is -0.383 e. The number of aliphatic hydroxyl groups excluding tert-OH is 1. The van der Waals surface area contributed by atoms with Crippen LogP contribution >= 0.6 is 11.6 Å². The molecule has 0 saturated carbocycles. The minimum atomic E-state index is -0.935. The van der Waals surface area contributed by atoms with Gasteiger partial charge in [-0.1, -0.05) is 37.6 Å². The molecule has 5 nitrogen and oxygen atoms in total. The highest BCUT2D eigenvalue weighted by Gasteiger charge is 2.45. The highest BCUT2D eigenvalue weighted by Crippen LogP contribution is 2.41. The van der Waals surface area contributed by atoms with Gasteiger partial charge in [-0.25, -0.2) is 0 Å². The van der Waals surface area contributed by atoms with E-state index in [1.165, 1.54) is 0 Å². The first-order valence-electron chi connectivity index (χ1n) is 9.29. The topological polar surface area (TPSA) is 60.9 Å². The molecule has 0 unspecified atom stereocenters. The van der Waals surface area contributed by atoms with Crippen LogP contribution in [0.2, 0.25) is 5.02 Å². The molecule has 2 fully saturated rings. The molecule has 2 aliphatic heterocycles. The van der Waals surface area contributed by atoms with Gasteiger partial charge in [0.2, 0.25) is 5.91 Å². The van der Waals surface area contributed by atoms with Gasteiger partial charge in [0.25, 0.3) is 5.91 Å². The summed E-state index contributed by atoms with van der Waals surface area (Å²) in [4.78, 5) is 28.5. The normalized spacial score (nSPS) is 20.9. The van der Waals surface area contributed by atoms with Gasteiger partial charge in [0, 0.05) is 43.0 Å². The molecule has 3 rings (SSSR count). The predicted molar refractivity (Wildman–Crippen MR) is 101 cm³/mol. The summed E-state index contributed by atoms with van der Waals surface area (Å²) in [6.07, 6.45) is 1.24. The first-order valence-corrected chi connectivity index (χ1v) is 9.66. The highest BCUT2D eigenvalue weighted by atomic mass is 35.5. The largest absolute Gasteiger partial charge is 0.383 e. The maximum absolute atomic E-state index is 12.5. The molecular formula is C20H27ClN2O3. The summed E-state index contributed by atoms with van der Waals surface area (Å²) in [5.41, 5.74) is 1.04. The Morgan fingerprint density at radius 2 is 1.85 bits per heavy atom. The van der Waals surface area contributed by atoms with E-state index in [1.54, 1.807) is 4.90 Å². The Balaban J connectivity index is 1.58. The van der Waals surface area contributed by atoms with Crippen molar-refractivity contribution in [1.82, 2.24) is 9.80 Å². The fraction of sp³-hybridized carbons (Fsp3) is 0.600. The number of likely N-dealkylation sites (tertiary alicyclic amines) is 2. The summed E-state index contributed by atoms with van der Waals surface area (Å²) < 4.78 is 0. The summed E-state index contributed by atoms with van der Waals surface area (Å²) in [6.45, 7) is 6.27. The number of hydrogen-bond acceptors (Lipinski definition) is 3. The van der Waals surface area contributed by atoms with Crippen LogP contribution in [0.25, 0.3) is 0 Å². The molecule has 1 aromatic carbocycles. The molecule has 0 radical (unpaired) electrons. The van der Waals surface area contributed by atoms with Crippen molar-refractivity contribution in [1.29, 1.82) is 0 Å². The van der Waals surface area contributed by atoms with Gasteiger partial charge < -0.3 is 14.9 Å². The molecule has 0 bridgehead atoms. The molecule has 2 heterocycles. The second kappa shape index (κ2) is 7.57. The lowest BCUT2D eigenvalue weighted by Crippen LogP contribution is -2.48. The molecule has 2 amide bonds. The number of nitrogens with zero attached hydrogens (tertiary/aromatic N) is 2. The predicted octanol–water partition coefficient (Wildman–Crippen LogP) is 2.70. The van der Waals surface area contributed by atoms with E-state index in [1.807, 2.05) is 43.0 Å². The van der Waals surface area contributed by atoms with Crippen LogP contribution < -0.4 is 0 Å². The summed E-state index contributed by atoms with van der Waals surface area (Å²) in [5, 5.41) is 10.7. The number of piperidine rings is 1. The number of carbonyl (C=O) groups is 2. The smallest absolute Gasteiger partial charge is 0.251 e. The van der Waals surface area contributed by atoms with Gasteiger partial charge in [-0.2, -0.15) is 0 Å². The van der Waals surface area contributed by atoms with E-state index in [4.69, 9.17) is 11.6 Å². The zero-order chi connectivity index (χ0) is 18.9. The Morgan fingerprint density at radius 3 is 2.42 bits per heavy atom. The molecule has 1 atom stereocenters. The quantitative estimate of drug-likeness (QED) is 0.876. The fourth-order valence-corrected chi connectivity index (χ4v) is 4.07. The SMILES string of the molecule is CC(C)[C@H](O)C(=O)N1CCC2(CC1)CC(=O)N(Cc1ccc(Cl)cc1)C2. The summed E-state index contributed by atoms with van der Waals surface area (Å²) in [6, 6.07) is 7.60. The molecule has 0 aromatic heterocycles. The first-order chi connectivity index (χ1) is 12.3. The van der Waals surface area contributed by atoms with Crippen molar-refractivity contribution >= 4 is 23.4 Å². The van der Waals surface area contributed by atoms with E-state index in [2.05, 4.69) is 0 Å². The molecule has 1 aromatic rings. The van der Waals surface area contributed by atoms with E-state index in [9.17, 15) is 14.7 Å². The second-order valence-corrected chi connectivity index (χ2v) is 8.50. The molecule has 142 valence electrons. The monoisotopic (exact) mass is 378 g/mol. The van der Waals surface area contributed by atoms with Crippen LogP contribution in [0, 0.1) is 11.3 Å². The summed E-state index contributed by atoms with van der Waals surface area (Å²) in [5.74, 6) is -0.0829. The molecule has 26 heavy (non-hydrogen) atoms. The third-order valence-corrected chi connectivity index (χ3v) is 5.96. The molecule has 6 heteroatoms. The van der Waals surface area contributed by atoms with Crippen molar-refractivity contribution < 1.29 is 14.7 Å². The Labute approximate surface area is 159 Å². The molecular weight excluding hydrogens is 352 g/mol. The Hall–Kier alpha value is -1.59. The molecule has 0 aliphatic carbocycles. The zero-order valence-corrected chi connectivity index (χ0v) is 16.2. The van der Waals surface area contributed by atoms with Crippen LogP contribution in [-0.4, -0.2) is 52.5 Å². The number of halogens is 1. The van der Waals surface area contributed by atoms with Crippen molar-refractivity contribution in [3.05, 3.63) is 34.9 Å². The van der Waals surface area contributed by atoms with Crippen LogP contribution in [0.4, 0.5) is 0 Å². The lowest BCUT2D eigenvalue weighted by atomic mass is 9.77. The van der Waals surface area contributed by atoms with Gasteiger partial charge in [-0.3, -0.25) is 9.59 Å². The van der Waals surface area contributed by atoms with Gasteiger partial charge in [-0.15, -0.1) is 0 Å². The number of amides is 2. The number of benzene rings is 1. The highest BCUT2D eigenvalue weighted by molar-refractivity contribution is 6.30. The van der Waals surface area contributed by atoms with Crippen LogP contribution in [0.15, 0.2) is 24.3 Å². The maximum Gasteiger partial charge on any atom is 0.251 e. The standard InChI is InChI=1S/C20H27ClN2O3/c1-14(2)18(25)19(26)22-9-7-20(8-10-22)11-17(24)23(13-20)12-15-3-5-16(21)6-4-15/h3-6,14,18,25H,7-13H2,1-2H3/t18-/m0/s1.